The van der Waals surface area contributed by atoms with Crippen LogP contribution in [0.2, 0.25) is 0 Å². The fourth-order valence-electron chi connectivity index (χ4n) is 1.75. The van der Waals surface area contributed by atoms with Gasteiger partial charge in [-0.1, -0.05) is 56.0 Å². The van der Waals surface area contributed by atoms with Gasteiger partial charge in [0, 0.05) is 11.1 Å². The van der Waals surface area contributed by atoms with Crippen LogP contribution in [0.3, 0.4) is 0 Å². The number of hydrogen-bond donors (Lipinski definition) is 1. The zero-order valence-electron chi connectivity index (χ0n) is 11.6. The van der Waals surface area contributed by atoms with Gasteiger partial charge in [0.15, 0.2) is 0 Å². The highest BCUT2D eigenvalue weighted by Gasteiger charge is 2.04. The molecule has 1 N–H and O–H groups in total. The van der Waals surface area contributed by atoms with E-state index in [9.17, 15) is 9.50 Å². The summed E-state index contributed by atoms with van der Waals surface area (Å²) in [5.41, 5.74) is 2.21. The molecule has 2 rings (SSSR count). The topological polar surface area (TPSA) is 20.2 Å². The quantitative estimate of drug-likeness (QED) is 0.820. The highest BCUT2D eigenvalue weighted by Crippen LogP contribution is 2.22. The first-order valence-corrected chi connectivity index (χ1v) is 6.62. The lowest BCUT2D eigenvalue weighted by molar-refractivity contribution is 0.181. The minimum atomic E-state index is -0.624. The van der Waals surface area contributed by atoms with E-state index in [1.165, 1.54) is 6.07 Å². The van der Waals surface area contributed by atoms with Crippen LogP contribution in [0.1, 0.15) is 19.4 Å². The van der Waals surface area contributed by atoms with Crippen LogP contribution in [0.15, 0.2) is 48.5 Å². The van der Waals surface area contributed by atoms with Crippen molar-refractivity contribution in [2.24, 2.45) is 5.92 Å². The van der Waals surface area contributed by atoms with Crippen molar-refractivity contribution >= 4 is 0 Å². The Bertz CT molecular complexity index is 632. The van der Waals surface area contributed by atoms with Gasteiger partial charge in [-0.15, -0.1) is 0 Å². The van der Waals surface area contributed by atoms with Gasteiger partial charge in [0.05, 0.1) is 0 Å². The summed E-state index contributed by atoms with van der Waals surface area (Å²) >= 11 is 0. The van der Waals surface area contributed by atoms with Crippen LogP contribution in [-0.4, -0.2) is 11.2 Å². The van der Waals surface area contributed by atoms with E-state index < -0.39 is 6.10 Å². The van der Waals surface area contributed by atoms with Crippen LogP contribution in [0, 0.1) is 23.6 Å². The number of halogens is 1. The van der Waals surface area contributed by atoms with Gasteiger partial charge in [-0.05, 0) is 29.7 Å². The molecular formula is C18H17FO. The Morgan fingerprint density at radius 1 is 1.00 bits per heavy atom. The summed E-state index contributed by atoms with van der Waals surface area (Å²) in [4.78, 5) is 0. The Labute approximate surface area is 119 Å². The molecule has 0 aromatic heterocycles. The molecule has 2 aromatic carbocycles. The molecule has 20 heavy (non-hydrogen) atoms. The smallest absolute Gasteiger partial charge is 0.131 e. The van der Waals surface area contributed by atoms with Crippen LogP contribution in [-0.2, 0) is 0 Å². The van der Waals surface area contributed by atoms with Crippen molar-refractivity contribution in [1.29, 1.82) is 0 Å². The molecule has 0 heterocycles. The van der Waals surface area contributed by atoms with Gasteiger partial charge < -0.3 is 5.11 Å². The Balaban J connectivity index is 2.21. The number of aliphatic hydroxyl groups is 1. The number of rotatable bonds is 2. The van der Waals surface area contributed by atoms with Crippen LogP contribution in [0.5, 0.6) is 0 Å². The first kappa shape index (κ1) is 14.3. The molecule has 102 valence electrons. The SMILES string of the molecule is CC(C)C(O)C#Cc1ccc(-c2ccccc2F)cc1. The lowest BCUT2D eigenvalue weighted by Crippen LogP contribution is -2.11. The fourth-order valence-corrected chi connectivity index (χ4v) is 1.75. The van der Waals surface area contributed by atoms with Crippen LogP contribution in [0.25, 0.3) is 11.1 Å². The van der Waals surface area contributed by atoms with Crippen molar-refractivity contribution in [3.63, 3.8) is 0 Å². The van der Waals surface area contributed by atoms with E-state index in [0.29, 0.717) is 5.56 Å². The molecular weight excluding hydrogens is 251 g/mol. The number of aliphatic hydroxyl groups excluding tert-OH is 1. The van der Waals surface area contributed by atoms with Gasteiger partial charge in [0.2, 0.25) is 0 Å². The zero-order valence-corrected chi connectivity index (χ0v) is 11.6. The summed E-state index contributed by atoms with van der Waals surface area (Å²) in [7, 11) is 0. The van der Waals surface area contributed by atoms with Gasteiger partial charge in [-0.3, -0.25) is 0 Å². The molecule has 1 nitrogen and oxygen atoms in total. The maximum absolute atomic E-state index is 13.7. The largest absolute Gasteiger partial charge is 0.380 e. The highest BCUT2D eigenvalue weighted by molar-refractivity contribution is 5.64. The molecule has 1 unspecified atom stereocenters. The number of benzene rings is 2. The molecule has 0 radical (unpaired) electrons. The van der Waals surface area contributed by atoms with Gasteiger partial charge in [0.25, 0.3) is 0 Å². The lowest BCUT2D eigenvalue weighted by Gasteiger charge is -2.05. The first-order chi connectivity index (χ1) is 9.58. The molecule has 0 saturated carbocycles. The molecule has 2 aromatic rings. The summed E-state index contributed by atoms with van der Waals surface area (Å²) in [6, 6.07) is 14.0. The fraction of sp³-hybridized carbons (Fsp3) is 0.222. The maximum atomic E-state index is 13.7. The molecule has 0 aliphatic carbocycles. The second kappa shape index (κ2) is 6.36. The summed E-state index contributed by atoms with van der Waals surface area (Å²) in [6.07, 6.45) is -0.624. The van der Waals surface area contributed by atoms with Gasteiger partial charge in [0.1, 0.15) is 11.9 Å². The van der Waals surface area contributed by atoms with Gasteiger partial charge in [-0.25, -0.2) is 4.39 Å². The standard InChI is InChI=1S/C18H17FO/c1-13(2)18(20)12-9-14-7-10-15(11-8-14)16-5-3-4-6-17(16)19/h3-8,10-11,13,18,20H,1-2H3. The van der Waals surface area contributed by atoms with Crippen molar-refractivity contribution in [2.75, 3.05) is 0 Å². The molecule has 0 bridgehead atoms. The Kier molecular flexibility index (Phi) is 4.55. The molecule has 2 heteroatoms. The van der Waals surface area contributed by atoms with E-state index in [1.54, 1.807) is 12.1 Å². The predicted molar refractivity (Wildman–Crippen MR) is 79.6 cm³/mol. The summed E-state index contributed by atoms with van der Waals surface area (Å²) in [6.45, 7) is 3.83. The Morgan fingerprint density at radius 3 is 2.25 bits per heavy atom. The monoisotopic (exact) mass is 268 g/mol. The predicted octanol–water partition coefficient (Wildman–Crippen LogP) is 3.86. The average molecular weight is 268 g/mol. The molecule has 0 spiro atoms. The van der Waals surface area contributed by atoms with Gasteiger partial charge in [-0.2, -0.15) is 0 Å². The third-order valence-corrected chi connectivity index (χ3v) is 3.07. The van der Waals surface area contributed by atoms with Crippen LogP contribution >= 0.6 is 0 Å². The normalized spacial score (nSPS) is 11.8. The average Bonchev–Trinajstić information content (AvgIpc) is 2.46. The highest BCUT2D eigenvalue weighted by atomic mass is 19.1. The Hall–Kier alpha value is -2.11. The minimum absolute atomic E-state index is 0.111. The van der Waals surface area contributed by atoms with Gasteiger partial charge >= 0.3 is 0 Å². The van der Waals surface area contributed by atoms with Crippen molar-refractivity contribution in [2.45, 2.75) is 20.0 Å². The summed E-state index contributed by atoms with van der Waals surface area (Å²) in [5, 5.41) is 9.63. The van der Waals surface area contributed by atoms with E-state index in [-0.39, 0.29) is 11.7 Å². The van der Waals surface area contributed by atoms with E-state index in [0.717, 1.165) is 11.1 Å². The van der Waals surface area contributed by atoms with Crippen LogP contribution in [0.4, 0.5) is 4.39 Å². The molecule has 1 atom stereocenters. The molecule has 0 aliphatic heterocycles. The second-order valence-electron chi connectivity index (χ2n) is 5.02. The number of hydrogen-bond acceptors (Lipinski definition) is 1. The first-order valence-electron chi connectivity index (χ1n) is 6.62. The lowest BCUT2D eigenvalue weighted by atomic mass is 10.0. The van der Waals surface area contributed by atoms with E-state index in [2.05, 4.69) is 11.8 Å². The summed E-state index contributed by atoms with van der Waals surface area (Å²) in [5.74, 6) is 5.60. The van der Waals surface area contributed by atoms with Crippen molar-refractivity contribution in [3.05, 3.63) is 59.9 Å². The van der Waals surface area contributed by atoms with Crippen LogP contribution < -0.4 is 0 Å². The minimum Gasteiger partial charge on any atom is -0.380 e. The third kappa shape index (κ3) is 3.46. The van der Waals surface area contributed by atoms with Crippen molar-refractivity contribution in [1.82, 2.24) is 0 Å². The second-order valence-corrected chi connectivity index (χ2v) is 5.02. The molecule has 0 aliphatic rings. The third-order valence-electron chi connectivity index (χ3n) is 3.07. The molecule has 0 amide bonds. The van der Waals surface area contributed by atoms with Crippen molar-refractivity contribution < 1.29 is 9.50 Å². The zero-order chi connectivity index (χ0) is 14.5. The van der Waals surface area contributed by atoms with E-state index in [4.69, 9.17) is 0 Å². The summed E-state index contributed by atoms with van der Waals surface area (Å²) < 4.78 is 13.7. The molecule has 0 saturated heterocycles. The maximum Gasteiger partial charge on any atom is 0.131 e. The van der Waals surface area contributed by atoms with E-state index in [1.807, 2.05) is 44.2 Å². The Morgan fingerprint density at radius 2 is 1.65 bits per heavy atom. The van der Waals surface area contributed by atoms with E-state index >= 15 is 0 Å². The molecule has 0 fully saturated rings. The van der Waals surface area contributed by atoms with Crippen molar-refractivity contribution in [3.8, 4) is 23.0 Å².